The van der Waals surface area contributed by atoms with Gasteiger partial charge in [-0.3, -0.25) is 0 Å². The normalized spacial score (nSPS) is 24.8. The van der Waals surface area contributed by atoms with E-state index in [9.17, 15) is 0 Å². The van der Waals surface area contributed by atoms with E-state index in [1.165, 1.54) is 44.6 Å². The maximum Gasteiger partial charge on any atom is 0.102 e. The average Bonchev–Trinajstić information content (AvgIpc) is 3.37. The average molecular weight is 363 g/mol. The highest BCUT2D eigenvalue weighted by Crippen LogP contribution is 2.53. The van der Waals surface area contributed by atoms with Crippen LogP contribution in [0, 0.1) is 0 Å². The SMILES string of the molecule is C(=C1CCN2c3ccccc3SC12)C1=C2Sc3ccccc3N2CC1. The highest BCUT2D eigenvalue weighted by molar-refractivity contribution is 8.03. The van der Waals surface area contributed by atoms with Crippen molar-refractivity contribution in [2.24, 2.45) is 0 Å². The van der Waals surface area contributed by atoms with Crippen LogP contribution in [0.1, 0.15) is 12.8 Å². The van der Waals surface area contributed by atoms with Gasteiger partial charge in [0.25, 0.3) is 0 Å². The largest absolute Gasteiger partial charge is 0.354 e. The molecule has 4 heterocycles. The molecular weight excluding hydrogens is 344 g/mol. The molecule has 124 valence electrons. The number of allylic oxidation sites excluding steroid dienone is 1. The maximum absolute atomic E-state index is 2.58. The Hall–Kier alpha value is -1.78. The van der Waals surface area contributed by atoms with Crippen molar-refractivity contribution in [3.8, 4) is 0 Å². The zero-order chi connectivity index (χ0) is 16.4. The van der Waals surface area contributed by atoms with Gasteiger partial charge in [-0.25, -0.2) is 0 Å². The summed E-state index contributed by atoms with van der Waals surface area (Å²) in [5.41, 5.74) is 5.96. The molecular formula is C21H18N2S2. The monoisotopic (exact) mass is 362 g/mol. The van der Waals surface area contributed by atoms with Crippen molar-refractivity contribution in [2.45, 2.75) is 28.0 Å². The number of thioether (sulfide) groups is 2. The molecule has 1 unspecified atom stereocenters. The molecule has 0 N–H and O–H groups in total. The van der Waals surface area contributed by atoms with Gasteiger partial charge in [-0.2, -0.15) is 0 Å². The van der Waals surface area contributed by atoms with E-state index in [0.29, 0.717) is 5.37 Å². The molecule has 2 aromatic carbocycles. The van der Waals surface area contributed by atoms with E-state index in [1.807, 2.05) is 23.5 Å². The molecule has 0 amide bonds. The first kappa shape index (κ1) is 14.4. The van der Waals surface area contributed by atoms with Crippen molar-refractivity contribution in [3.63, 3.8) is 0 Å². The van der Waals surface area contributed by atoms with E-state index < -0.39 is 0 Å². The van der Waals surface area contributed by atoms with E-state index in [2.05, 4.69) is 64.4 Å². The molecule has 4 heteroatoms. The Morgan fingerprint density at radius 1 is 0.880 bits per heavy atom. The number of rotatable bonds is 1. The molecule has 6 rings (SSSR count). The molecule has 2 aromatic rings. The van der Waals surface area contributed by atoms with Crippen LogP contribution in [0.15, 0.2) is 80.6 Å². The molecule has 0 radical (unpaired) electrons. The van der Waals surface area contributed by atoms with Gasteiger partial charge in [0.15, 0.2) is 0 Å². The summed E-state index contributed by atoms with van der Waals surface area (Å²) in [7, 11) is 0. The molecule has 25 heavy (non-hydrogen) atoms. The zero-order valence-corrected chi connectivity index (χ0v) is 15.4. The van der Waals surface area contributed by atoms with Crippen molar-refractivity contribution in [1.29, 1.82) is 0 Å². The lowest BCUT2D eigenvalue weighted by Gasteiger charge is -2.17. The van der Waals surface area contributed by atoms with Crippen LogP contribution in [0.2, 0.25) is 0 Å². The summed E-state index contributed by atoms with van der Waals surface area (Å²) in [6.45, 7) is 2.28. The molecule has 0 bridgehead atoms. The summed E-state index contributed by atoms with van der Waals surface area (Å²) < 4.78 is 0. The van der Waals surface area contributed by atoms with E-state index in [-0.39, 0.29) is 0 Å². The van der Waals surface area contributed by atoms with Crippen molar-refractivity contribution >= 4 is 34.9 Å². The first-order valence-corrected chi connectivity index (χ1v) is 10.6. The van der Waals surface area contributed by atoms with E-state index in [0.717, 1.165) is 13.1 Å². The Morgan fingerprint density at radius 2 is 1.68 bits per heavy atom. The Labute approximate surface area is 156 Å². The summed E-state index contributed by atoms with van der Waals surface area (Å²) >= 11 is 3.98. The van der Waals surface area contributed by atoms with Crippen LogP contribution in [-0.2, 0) is 0 Å². The lowest BCUT2D eigenvalue weighted by atomic mass is 10.1. The predicted octanol–water partition coefficient (Wildman–Crippen LogP) is 5.48. The number of benzene rings is 2. The fourth-order valence-corrected chi connectivity index (χ4v) is 6.94. The van der Waals surface area contributed by atoms with Crippen LogP contribution < -0.4 is 9.80 Å². The minimum atomic E-state index is 0.508. The summed E-state index contributed by atoms with van der Waals surface area (Å²) in [5, 5.41) is 1.97. The fraction of sp³-hybridized carbons (Fsp3) is 0.238. The number of hydrogen-bond acceptors (Lipinski definition) is 4. The van der Waals surface area contributed by atoms with Gasteiger partial charge in [0.1, 0.15) is 5.37 Å². The minimum Gasteiger partial charge on any atom is -0.354 e. The second-order valence-electron chi connectivity index (χ2n) is 6.90. The number of nitrogens with zero attached hydrogens (tertiary/aromatic N) is 2. The molecule has 1 fully saturated rings. The Kier molecular flexibility index (Phi) is 3.08. The van der Waals surface area contributed by atoms with Gasteiger partial charge in [-0.15, -0.1) is 0 Å². The number of anilines is 2. The van der Waals surface area contributed by atoms with E-state index >= 15 is 0 Å². The third kappa shape index (κ3) is 2.07. The lowest BCUT2D eigenvalue weighted by Crippen LogP contribution is -2.22. The molecule has 4 aliphatic rings. The van der Waals surface area contributed by atoms with Gasteiger partial charge in [-0.05, 0) is 48.3 Å². The minimum absolute atomic E-state index is 0.508. The number of hydrogen-bond donors (Lipinski definition) is 0. The molecule has 1 atom stereocenters. The third-order valence-corrected chi connectivity index (χ3v) is 8.12. The third-order valence-electron chi connectivity index (χ3n) is 5.50. The summed E-state index contributed by atoms with van der Waals surface area (Å²) in [4.78, 5) is 7.94. The van der Waals surface area contributed by atoms with Crippen LogP contribution >= 0.6 is 23.5 Å². The second kappa shape index (κ2) is 5.36. The number of fused-ring (bicyclic) bond motifs is 6. The van der Waals surface area contributed by atoms with Crippen molar-refractivity contribution in [1.82, 2.24) is 0 Å². The second-order valence-corrected chi connectivity index (χ2v) is 9.06. The summed E-state index contributed by atoms with van der Waals surface area (Å²) in [6, 6.07) is 17.7. The highest BCUT2D eigenvalue weighted by atomic mass is 32.2. The smallest absolute Gasteiger partial charge is 0.102 e. The fourth-order valence-electron chi connectivity index (χ4n) is 4.33. The van der Waals surface area contributed by atoms with Crippen LogP contribution in [0.25, 0.3) is 0 Å². The molecule has 4 aliphatic heterocycles. The summed E-state index contributed by atoms with van der Waals surface area (Å²) in [6.07, 6.45) is 4.89. The molecule has 0 aromatic heterocycles. The molecule has 0 aliphatic carbocycles. The predicted molar refractivity (Wildman–Crippen MR) is 107 cm³/mol. The first-order valence-electron chi connectivity index (χ1n) is 8.89. The first-order chi connectivity index (χ1) is 12.4. The Morgan fingerprint density at radius 3 is 2.60 bits per heavy atom. The van der Waals surface area contributed by atoms with Crippen LogP contribution in [0.3, 0.4) is 0 Å². The van der Waals surface area contributed by atoms with Gasteiger partial charge in [0, 0.05) is 22.9 Å². The van der Waals surface area contributed by atoms with Crippen molar-refractivity contribution in [3.05, 3.63) is 70.8 Å². The molecule has 0 saturated carbocycles. The standard InChI is InChI=1S/C21H18N2S2/c1-3-7-18-16(5-1)22-11-9-14(20(22)24-18)13-15-10-12-23-17-6-2-4-8-19(17)25-21(15)23/h1-8,13,20H,9-12H2. The maximum atomic E-state index is 2.58. The zero-order valence-electron chi connectivity index (χ0n) is 13.8. The van der Waals surface area contributed by atoms with Gasteiger partial charge in [0.2, 0.25) is 0 Å². The van der Waals surface area contributed by atoms with E-state index in [1.54, 1.807) is 5.57 Å². The van der Waals surface area contributed by atoms with Gasteiger partial charge in [-0.1, -0.05) is 53.9 Å². The van der Waals surface area contributed by atoms with Gasteiger partial charge in [0.05, 0.1) is 16.4 Å². The number of para-hydroxylation sites is 2. The lowest BCUT2D eigenvalue weighted by molar-refractivity contribution is 0.947. The molecule has 2 nitrogen and oxygen atoms in total. The van der Waals surface area contributed by atoms with E-state index in [4.69, 9.17) is 0 Å². The molecule has 1 saturated heterocycles. The van der Waals surface area contributed by atoms with Crippen LogP contribution in [0.5, 0.6) is 0 Å². The van der Waals surface area contributed by atoms with Crippen molar-refractivity contribution in [2.75, 3.05) is 22.9 Å². The van der Waals surface area contributed by atoms with Crippen LogP contribution in [0.4, 0.5) is 11.4 Å². The van der Waals surface area contributed by atoms with Crippen molar-refractivity contribution < 1.29 is 0 Å². The Bertz CT molecular complexity index is 946. The quantitative estimate of drug-likeness (QED) is 0.662. The van der Waals surface area contributed by atoms with Gasteiger partial charge < -0.3 is 9.80 Å². The topological polar surface area (TPSA) is 6.48 Å². The summed E-state index contributed by atoms with van der Waals surface area (Å²) in [5.74, 6) is 0. The Balaban J connectivity index is 1.35. The molecule has 0 spiro atoms. The highest BCUT2D eigenvalue weighted by Gasteiger charge is 2.38. The van der Waals surface area contributed by atoms with Gasteiger partial charge >= 0.3 is 0 Å². The van der Waals surface area contributed by atoms with Crippen LogP contribution in [-0.4, -0.2) is 18.5 Å².